The molecule has 0 spiro atoms. The van der Waals surface area contributed by atoms with E-state index in [1.165, 1.54) is 0 Å². The zero-order valence-corrected chi connectivity index (χ0v) is 24.2. The number of anilines is 3. The molecule has 3 N–H and O–H groups in total. The van der Waals surface area contributed by atoms with E-state index >= 15 is 0 Å². The Balaban J connectivity index is 0.000000676. The maximum atomic E-state index is 12.8. The molecule has 1 aromatic heterocycles. The molecule has 0 unspecified atom stereocenters. The van der Waals surface area contributed by atoms with Gasteiger partial charge in [-0.25, -0.2) is 9.78 Å². The van der Waals surface area contributed by atoms with Crippen LogP contribution in [0.2, 0.25) is 0 Å². The largest absolute Gasteiger partial charge is 0.493 e. The van der Waals surface area contributed by atoms with Crippen LogP contribution in [0.4, 0.5) is 30.6 Å². The Morgan fingerprint density at radius 3 is 2.23 bits per heavy atom. The number of carbonyl (C=O) groups is 3. The van der Waals surface area contributed by atoms with Crippen molar-refractivity contribution >= 4 is 35.1 Å². The first kappa shape index (κ1) is 33.4. The number of carbonyl (C=O) groups excluding carboxylic acids is 2. The van der Waals surface area contributed by atoms with Gasteiger partial charge in [0.05, 0.1) is 33.8 Å². The number of carboxylic acid groups (broad SMARTS) is 1. The number of nitrogens with zero attached hydrogens (tertiary/aromatic N) is 3. The topological polar surface area (TPSA) is 152 Å². The molecule has 1 saturated heterocycles. The van der Waals surface area contributed by atoms with Gasteiger partial charge in [-0.3, -0.25) is 9.59 Å². The zero-order chi connectivity index (χ0) is 32.3. The zero-order valence-electron chi connectivity index (χ0n) is 24.2. The molecule has 2 heterocycles. The van der Waals surface area contributed by atoms with Crippen molar-refractivity contribution in [2.75, 3.05) is 51.2 Å². The van der Waals surface area contributed by atoms with Crippen molar-refractivity contribution in [3.8, 4) is 17.2 Å². The molecule has 0 saturated carbocycles. The fraction of sp³-hybridized carbons (Fsp3) is 0.345. The number of ketones is 1. The maximum absolute atomic E-state index is 12.8. The third kappa shape index (κ3) is 9.21. The summed E-state index contributed by atoms with van der Waals surface area (Å²) in [5.41, 5.74) is 1.26. The summed E-state index contributed by atoms with van der Waals surface area (Å²) in [5, 5.41) is 13.1. The highest BCUT2D eigenvalue weighted by Crippen LogP contribution is 2.40. The number of carboxylic acids is 1. The minimum absolute atomic E-state index is 0.0181. The van der Waals surface area contributed by atoms with E-state index in [0.717, 1.165) is 19.4 Å². The van der Waals surface area contributed by atoms with Crippen LogP contribution in [0.5, 0.6) is 17.2 Å². The van der Waals surface area contributed by atoms with Crippen molar-refractivity contribution in [2.45, 2.75) is 19.0 Å². The monoisotopic (exact) mass is 619 g/mol. The van der Waals surface area contributed by atoms with Crippen LogP contribution in [0.1, 0.15) is 23.2 Å². The molecule has 4 rings (SSSR count). The van der Waals surface area contributed by atoms with Crippen molar-refractivity contribution in [3.63, 3.8) is 0 Å². The van der Waals surface area contributed by atoms with Crippen molar-refractivity contribution in [3.05, 3.63) is 60.3 Å². The summed E-state index contributed by atoms with van der Waals surface area (Å²) in [6, 6.07) is 14.3. The lowest BCUT2D eigenvalue weighted by molar-refractivity contribution is -0.192. The lowest BCUT2D eigenvalue weighted by Crippen LogP contribution is -2.44. The predicted molar refractivity (Wildman–Crippen MR) is 154 cm³/mol. The SMILES string of the molecule is COc1cc(Nc2nccc(N3CCC[C@H](C(=O)NCC(=O)c4ccccc4)C3)n2)cc(OC)c1OC.O=C(O)C(F)(F)F. The first-order valence-corrected chi connectivity index (χ1v) is 13.3. The van der Waals surface area contributed by atoms with Gasteiger partial charge in [0, 0.05) is 42.7 Å². The summed E-state index contributed by atoms with van der Waals surface area (Å²) < 4.78 is 47.9. The Morgan fingerprint density at radius 1 is 1.02 bits per heavy atom. The van der Waals surface area contributed by atoms with Gasteiger partial charge >= 0.3 is 12.1 Å². The van der Waals surface area contributed by atoms with Crippen LogP contribution < -0.4 is 29.7 Å². The summed E-state index contributed by atoms with van der Waals surface area (Å²) in [6.45, 7) is 1.26. The van der Waals surface area contributed by atoms with E-state index in [0.29, 0.717) is 46.8 Å². The molecule has 1 aliphatic heterocycles. The lowest BCUT2D eigenvalue weighted by atomic mass is 9.97. The van der Waals surface area contributed by atoms with E-state index in [4.69, 9.17) is 24.1 Å². The number of hydrogen-bond donors (Lipinski definition) is 3. The standard InChI is InChI=1S/C27H31N5O5.C2HF3O2/c1-35-22-14-20(15-23(36-2)25(22)37-3)30-27-28-12-11-24(31-27)32-13-7-10-19(17-32)26(34)29-16-21(33)18-8-5-4-6-9-18;3-2(4,5)1(6)7/h4-6,8-9,11-12,14-15,19H,7,10,13,16-17H2,1-3H3,(H,29,34)(H,28,30,31);(H,6,7)/t19-;/m0./s1. The minimum Gasteiger partial charge on any atom is -0.493 e. The first-order valence-electron chi connectivity index (χ1n) is 13.3. The number of Topliss-reactive ketones (excluding diaryl/α,β-unsaturated/α-hetero) is 1. The molecule has 1 aliphatic rings. The van der Waals surface area contributed by atoms with Gasteiger partial charge in [0.25, 0.3) is 0 Å². The molecular formula is C29H32F3N5O7. The molecule has 1 amide bonds. The van der Waals surface area contributed by atoms with Gasteiger partial charge in [-0.2, -0.15) is 18.2 Å². The van der Waals surface area contributed by atoms with E-state index in [1.807, 2.05) is 12.1 Å². The number of alkyl halides is 3. The van der Waals surface area contributed by atoms with Crippen LogP contribution in [-0.4, -0.2) is 79.9 Å². The molecule has 12 nitrogen and oxygen atoms in total. The molecule has 15 heteroatoms. The van der Waals surface area contributed by atoms with Gasteiger partial charge in [-0.15, -0.1) is 0 Å². The van der Waals surface area contributed by atoms with Crippen molar-refractivity contribution in [1.29, 1.82) is 0 Å². The van der Waals surface area contributed by atoms with Crippen LogP contribution in [0, 0.1) is 5.92 Å². The second kappa shape index (κ2) is 15.4. The van der Waals surface area contributed by atoms with E-state index in [1.54, 1.807) is 63.9 Å². The number of amides is 1. The molecule has 44 heavy (non-hydrogen) atoms. The average molecular weight is 620 g/mol. The van der Waals surface area contributed by atoms with Crippen LogP contribution in [0.3, 0.4) is 0 Å². The molecule has 3 aromatic rings. The van der Waals surface area contributed by atoms with Crippen molar-refractivity contribution < 1.29 is 46.9 Å². The van der Waals surface area contributed by atoms with E-state index < -0.39 is 12.1 Å². The van der Waals surface area contributed by atoms with Gasteiger partial charge in [-0.1, -0.05) is 30.3 Å². The number of hydrogen-bond acceptors (Lipinski definition) is 10. The number of rotatable bonds is 10. The Morgan fingerprint density at radius 2 is 1.66 bits per heavy atom. The second-order valence-electron chi connectivity index (χ2n) is 9.37. The molecule has 1 fully saturated rings. The van der Waals surface area contributed by atoms with E-state index in [-0.39, 0.29) is 24.2 Å². The fourth-order valence-electron chi connectivity index (χ4n) is 4.30. The number of aliphatic carboxylic acids is 1. The molecule has 0 radical (unpaired) electrons. The van der Waals surface area contributed by atoms with Crippen molar-refractivity contribution in [2.24, 2.45) is 5.92 Å². The first-order chi connectivity index (χ1) is 21.0. The van der Waals surface area contributed by atoms with Crippen LogP contribution in [-0.2, 0) is 9.59 Å². The maximum Gasteiger partial charge on any atom is 0.490 e. The minimum atomic E-state index is -5.08. The quantitative estimate of drug-likeness (QED) is 0.281. The van der Waals surface area contributed by atoms with Gasteiger partial charge < -0.3 is 34.9 Å². The smallest absolute Gasteiger partial charge is 0.490 e. The highest BCUT2D eigenvalue weighted by atomic mass is 19.4. The molecule has 236 valence electrons. The Bertz CT molecular complexity index is 1420. The number of piperidine rings is 1. The number of halogens is 3. The Kier molecular flexibility index (Phi) is 11.7. The summed E-state index contributed by atoms with van der Waals surface area (Å²) >= 11 is 0. The second-order valence-corrected chi connectivity index (χ2v) is 9.37. The molecule has 1 atom stereocenters. The lowest BCUT2D eigenvalue weighted by Gasteiger charge is -2.32. The van der Waals surface area contributed by atoms with E-state index in [2.05, 4.69) is 25.5 Å². The van der Waals surface area contributed by atoms with Crippen LogP contribution in [0.15, 0.2) is 54.7 Å². The Hall–Kier alpha value is -5.08. The highest BCUT2D eigenvalue weighted by molar-refractivity contribution is 5.99. The highest BCUT2D eigenvalue weighted by Gasteiger charge is 2.38. The summed E-state index contributed by atoms with van der Waals surface area (Å²) in [5.74, 6) is -0.611. The average Bonchev–Trinajstić information content (AvgIpc) is 3.03. The third-order valence-corrected chi connectivity index (χ3v) is 6.44. The fourth-order valence-corrected chi connectivity index (χ4v) is 4.30. The number of nitrogens with one attached hydrogen (secondary N) is 2. The normalized spacial score (nSPS) is 14.4. The van der Waals surface area contributed by atoms with Crippen LogP contribution >= 0.6 is 0 Å². The summed E-state index contributed by atoms with van der Waals surface area (Å²) in [7, 11) is 4.66. The molecular weight excluding hydrogens is 587 g/mol. The van der Waals surface area contributed by atoms with Gasteiger partial charge in [0.15, 0.2) is 17.3 Å². The summed E-state index contributed by atoms with van der Waals surface area (Å²) in [6.07, 6.45) is -1.82. The number of ether oxygens (including phenoxy) is 3. The van der Waals surface area contributed by atoms with Crippen LogP contribution in [0.25, 0.3) is 0 Å². The van der Waals surface area contributed by atoms with Gasteiger partial charge in [0.2, 0.25) is 17.6 Å². The number of methoxy groups -OCH3 is 3. The van der Waals surface area contributed by atoms with E-state index in [9.17, 15) is 22.8 Å². The molecule has 0 bridgehead atoms. The number of benzene rings is 2. The third-order valence-electron chi connectivity index (χ3n) is 6.44. The predicted octanol–water partition coefficient (Wildman–Crippen LogP) is 4.09. The molecule has 2 aromatic carbocycles. The number of aromatic nitrogens is 2. The van der Waals surface area contributed by atoms with Crippen molar-refractivity contribution in [1.82, 2.24) is 15.3 Å². The van der Waals surface area contributed by atoms with Gasteiger partial charge in [-0.05, 0) is 18.9 Å². The van der Waals surface area contributed by atoms with Gasteiger partial charge in [0.1, 0.15) is 5.82 Å². The Labute approximate surface area is 251 Å². The summed E-state index contributed by atoms with van der Waals surface area (Å²) in [4.78, 5) is 45.1. The molecule has 0 aliphatic carbocycles.